The molecule has 0 bridgehead atoms. The molecular formula is C22H23N3O2S. The highest BCUT2D eigenvalue weighted by molar-refractivity contribution is 7.14. The van der Waals surface area contributed by atoms with Gasteiger partial charge in [0, 0.05) is 16.9 Å². The van der Waals surface area contributed by atoms with Crippen molar-refractivity contribution in [3.8, 4) is 5.69 Å². The third kappa shape index (κ3) is 3.18. The first kappa shape index (κ1) is 18.6. The molecule has 6 heteroatoms. The van der Waals surface area contributed by atoms with Crippen LogP contribution in [-0.4, -0.2) is 21.5 Å². The molecule has 144 valence electrons. The fraction of sp³-hybridized carbons (Fsp3) is 0.318. The van der Waals surface area contributed by atoms with E-state index in [-0.39, 0.29) is 18.1 Å². The Hall–Kier alpha value is -2.73. The maximum atomic E-state index is 13.2. The Kier molecular flexibility index (Phi) is 4.89. The van der Waals surface area contributed by atoms with Crippen LogP contribution in [0.25, 0.3) is 5.69 Å². The van der Waals surface area contributed by atoms with Crippen molar-refractivity contribution >= 4 is 28.8 Å². The summed E-state index contributed by atoms with van der Waals surface area (Å²) in [7, 11) is 0. The molecule has 0 unspecified atom stereocenters. The molecule has 2 aromatic heterocycles. The van der Waals surface area contributed by atoms with Crippen LogP contribution < -0.4 is 5.32 Å². The maximum absolute atomic E-state index is 13.2. The van der Waals surface area contributed by atoms with Crippen LogP contribution in [-0.2, 0) is 17.6 Å². The Balaban J connectivity index is 1.77. The van der Waals surface area contributed by atoms with Gasteiger partial charge in [-0.05, 0) is 49.6 Å². The first-order chi connectivity index (χ1) is 13.5. The van der Waals surface area contributed by atoms with Crippen molar-refractivity contribution in [1.82, 2.24) is 9.78 Å². The van der Waals surface area contributed by atoms with Crippen molar-refractivity contribution in [2.45, 2.75) is 46.0 Å². The zero-order valence-corrected chi connectivity index (χ0v) is 17.1. The highest BCUT2D eigenvalue weighted by Gasteiger charge is 2.36. The van der Waals surface area contributed by atoms with Crippen LogP contribution >= 0.6 is 11.3 Å². The molecule has 1 aliphatic heterocycles. The summed E-state index contributed by atoms with van der Waals surface area (Å²) in [5.74, 6) is -0.0198. The van der Waals surface area contributed by atoms with Crippen LogP contribution in [0.4, 0.5) is 5.82 Å². The van der Waals surface area contributed by atoms with E-state index in [9.17, 15) is 9.59 Å². The SMILES string of the molecule is CCc1ccc(-n2nc(C)c3c2NC(=O)C[C@@H]3C(=O)c2ccc(CC)s2)cc1. The van der Waals surface area contributed by atoms with Crippen molar-refractivity contribution in [3.05, 3.63) is 63.0 Å². The highest BCUT2D eigenvalue weighted by Crippen LogP contribution is 2.39. The molecule has 0 fully saturated rings. The van der Waals surface area contributed by atoms with Gasteiger partial charge in [0.2, 0.25) is 5.91 Å². The lowest BCUT2D eigenvalue weighted by Crippen LogP contribution is -2.28. The zero-order chi connectivity index (χ0) is 19.8. The number of Topliss-reactive ketones (excluding diaryl/α,β-unsaturated/α-hetero) is 1. The largest absolute Gasteiger partial charge is 0.310 e. The van der Waals surface area contributed by atoms with Crippen LogP contribution in [0.15, 0.2) is 36.4 Å². The van der Waals surface area contributed by atoms with Gasteiger partial charge in [0.15, 0.2) is 5.78 Å². The number of thiophene rings is 1. The molecule has 0 saturated heterocycles. The van der Waals surface area contributed by atoms with Crippen molar-refractivity contribution in [2.24, 2.45) is 0 Å². The monoisotopic (exact) mass is 393 g/mol. The Bertz CT molecular complexity index is 1050. The number of hydrogen-bond donors (Lipinski definition) is 1. The molecule has 4 rings (SSSR count). The van der Waals surface area contributed by atoms with E-state index in [1.807, 2.05) is 31.2 Å². The highest BCUT2D eigenvalue weighted by atomic mass is 32.1. The van der Waals surface area contributed by atoms with Crippen LogP contribution in [0.3, 0.4) is 0 Å². The average molecular weight is 394 g/mol. The van der Waals surface area contributed by atoms with Gasteiger partial charge in [-0.3, -0.25) is 9.59 Å². The van der Waals surface area contributed by atoms with Gasteiger partial charge < -0.3 is 5.32 Å². The second-order valence-corrected chi connectivity index (χ2v) is 8.24. The summed E-state index contributed by atoms with van der Waals surface area (Å²) in [6, 6.07) is 12.0. The molecular weight excluding hydrogens is 370 g/mol. The van der Waals surface area contributed by atoms with Gasteiger partial charge in [0.1, 0.15) is 5.82 Å². The second-order valence-electron chi connectivity index (χ2n) is 7.07. The number of aryl methyl sites for hydroxylation is 3. The van der Waals surface area contributed by atoms with Gasteiger partial charge in [-0.25, -0.2) is 4.68 Å². The minimum absolute atomic E-state index is 0.00443. The number of anilines is 1. The summed E-state index contributed by atoms with van der Waals surface area (Å²) >= 11 is 1.52. The molecule has 5 nitrogen and oxygen atoms in total. The minimum Gasteiger partial charge on any atom is -0.310 e. The smallest absolute Gasteiger partial charge is 0.226 e. The summed E-state index contributed by atoms with van der Waals surface area (Å²) in [6.07, 6.45) is 2.02. The molecule has 1 aliphatic rings. The van der Waals surface area contributed by atoms with Gasteiger partial charge in [0.25, 0.3) is 0 Å². The standard InChI is InChI=1S/C22H23N3O2S/c1-4-14-6-8-15(9-7-14)25-22-20(13(3)24-25)17(12-19(26)23-22)21(27)18-11-10-16(5-2)28-18/h6-11,17H,4-5,12H2,1-3H3,(H,23,26)/t17-/m0/s1. The van der Waals surface area contributed by atoms with E-state index >= 15 is 0 Å². The number of nitrogens with zero attached hydrogens (tertiary/aromatic N) is 2. The van der Waals surface area contributed by atoms with E-state index in [2.05, 4.69) is 36.4 Å². The second kappa shape index (κ2) is 7.36. The molecule has 1 atom stereocenters. The number of rotatable bonds is 5. The molecule has 0 radical (unpaired) electrons. The molecule has 0 saturated carbocycles. The summed E-state index contributed by atoms with van der Waals surface area (Å²) in [5, 5.41) is 7.60. The molecule has 28 heavy (non-hydrogen) atoms. The first-order valence-corrected chi connectivity index (χ1v) is 10.4. The van der Waals surface area contributed by atoms with Gasteiger partial charge in [-0.15, -0.1) is 11.3 Å². The number of fused-ring (bicyclic) bond motifs is 1. The topological polar surface area (TPSA) is 64.0 Å². The lowest BCUT2D eigenvalue weighted by atomic mass is 9.87. The number of hydrogen-bond acceptors (Lipinski definition) is 4. The first-order valence-electron chi connectivity index (χ1n) is 9.63. The molecule has 1 aromatic carbocycles. The van der Waals surface area contributed by atoms with E-state index in [1.54, 1.807) is 4.68 Å². The lowest BCUT2D eigenvalue weighted by Gasteiger charge is -2.22. The van der Waals surface area contributed by atoms with E-state index in [1.165, 1.54) is 21.8 Å². The fourth-order valence-corrected chi connectivity index (χ4v) is 4.64. The van der Waals surface area contributed by atoms with Gasteiger partial charge in [0.05, 0.1) is 22.2 Å². The Morgan fingerprint density at radius 2 is 1.93 bits per heavy atom. The maximum Gasteiger partial charge on any atom is 0.226 e. The summed E-state index contributed by atoms with van der Waals surface area (Å²) in [5.41, 5.74) is 3.72. The van der Waals surface area contributed by atoms with E-state index in [0.717, 1.165) is 29.8 Å². The van der Waals surface area contributed by atoms with E-state index in [0.29, 0.717) is 10.7 Å². The van der Waals surface area contributed by atoms with Crippen LogP contribution in [0.2, 0.25) is 0 Å². The molecule has 3 aromatic rings. The normalized spacial score (nSPS) is 16.0. The predicted octanol–water partition coefficient (Wildman–Crippen LogP) is 4.68. The van der Waals surface area contributed by atoms with Crippen molar-refractivity contribution in [1.29, 1.82) is 0 Å². The van der Waals surface area contributed by atoms with Crippen molar-refractivity contribution < 1.29 is 9.59 Å². The quantitative estimate of drug-likeness (QED) is 0.641. The third-order valence-electron chi connectivity index (χ3n) is 5.26. The molecule has 3 heterocycles. The fourth-order valence-electron chi connectivity index (χ4n) is 3.70. The Labute approximate surface area is 168 Å². The number of carbonyl (C=O) groups is 2. The average Bonchev–Trinajstić information content (AvgIpc) is 3.32. The van der Waals surface area contributed by atoms with Crippen molar-refractivity contribution in [2.75, 3.05) is 5.32 Å². The summed E-state index contributed by atoms with van der Waals surface area (Å²) < 4.78 is 1.74. The summed E-state index contributed by atoms with van der Waals surface area (Å²) in [6.45, 7) is 6.09. The number of ketones is 1. The number of amides is 1. The van der Waals surface area contributed by atoms with Crippen LogP contribution in [0, 0.1) is 6.92 Å². The van der Waals surface area contributed by atoms with Crippen LogP contribution in [0.5, 0.6) is 0 Å². The Morgan fingerprint density at radius 1 is 1.18 bits per heavy atom. The Morgan fingerprint density at radius 3 is 2.57 bits per heavy atom. The summed E-state index contributed by atoms with van der Waals surface area (Å²) in [4.78, 5) is 27.5. The number of aromatic nitrogens is 2. The molecule has 0 aliphatic carbocycles. The van der Waals surface area contributed by atoms with Crippen LogP contribution in [0.1, 0.15) is 57.6 Å². The predicted molar refractivity (Wildman–Crippen MR) is 112 cm³/mol. The zero-order valence-electron chi connectivity index (χ0n) is 16.3. The van der Waals surface area contributed by atoms with Gasteiger partial charge in [-0.1, -0.05) is 26.0 Å². The number of carbonyl (C=O) groups excluding carboxylic acids is 2. The van der Waals surface area contributed by atoms with Gasteiger partial charge in [-0.2, -0.15) is 5.10 Å². The molecule has 0 spiro atoms. The lowest BCUT2D eigenvalue weighted by molar-refractivity contribution is -0.116. The van der Waals surface area contributed by atoms with E-state index < -0.39 is 5.92 Å². The van der Waals surface area contributed by atoms with Crippen molar-refractivity contribution in [3.63, 3.8) is 0 Å². The molecule has 1 amide bonds. The number of benzene rings is 1. The molecule has 1 N–H and O–H groups in total. The number of nitrogens with one attached hydrogen (secondary N) is 1. The minimum atomic E-state index is -0.490. The third-order valence-corrected chi connectivity index (χ3v) is 6.51. The van der Waals surface area contributed by atoms with E-state index in [4.69, 9.17) is 0 Å². The van der Waals surface area contributed by atoms with Gasteiger partial charge >= 0.3 is 0 Å².